The highest BCUT2D eigenvalue weighted by Gasteiger charge is 2.03. The van der Waals surface area contributed by atoms with Crippen LogP contribution in [-0.2, 0) is 0 Å². The molecule has 1 nitrogen and oxygen atoms in total. The van der Waals surface area contributed by atoms with E-state index in [0.29, 0.717) is 10.2 Å². The molecule has 0 atom stereocenters. The van der Waals surface area contributed by atoms with Gasteiger partial charge in [-0.2, -0.15) is 0 Å². The van der Waals surface area contributed by atoms with Crippen LogP contribution in [0.15, 0.2) is 24.3 Å². The van der Waals surface area contributed by atoms with Crippen molar-refractivity contribution in [3.8, 4) is 0 Å². The Labute approximate surface area is 86.3 Å². The third kappa shape index (κ3) is 1.50. The highest BCUT2D eigenvalue weighted by molar-refractivity contribution is 6.35. The number of aromatic nitrogens is 1. The van der Waals surface area contributed by atoms with E-state index in [4.69, 9.17) is 23.2 Å². The lowest BCUT2D eigenvalue weighted by atomic mass is 10.2. The van der Waals surface area contributed by atoms with Crippen LogP contribution in [0.1, 0.15) is 5.56 Å². The van der Waals surface area contributed by atoms with Crippen LogP contribution in [0, 0.1) is 6.92 Å². The normalized spacial score (nSPS) is 10.7. The molecule has 0 saturated carbocycles. The lowest BCUT2D eigenvalue weighted by Crippen LogP contribution is -1.84. The van der Waals surface area contributed by atoms with Gasteiger partial charge < -0.3 is 0 Å². The van der Waals surface area contributed by atoms with Gasteiger partial charge in [-0.15, -0.1) is 0 Å². The number of nitrogens with zero attached hydrogens (tertiary/aromatic N) is 1. The number of rotatable bonds is 0. The molecule has 0 aliphatic rings. The number of halogens is 2. The van der Waals surface area contributed by atoms with Gasteiger partial charge in [0.1, 0.15) is 5.15 Å². The van der Waals surface area contributed by atoms with Gasteiger partial charge in [0.05, 0.1) is 10.5 Å². The van der Waals surface area contributed by atoms with Gasteiger partial charge in [0.2, 0.25) is 0 Å². The summed E-state index contributed by atoms with van der Waals surface area (Å²) in [5.74, 6) is 0. The fourth-order valence-electron chi connectivity index (χ4n) is 1.25. The number of benzene rings is 1. The molecule has 0 spiro atoms. The Morgan fingerprint density at radius 2 is 2.00 bits per heavy atom. The van der Waals surface area contributed by atoms with Gasteiger partial charge in [-0.1, -0.05) is 35.3 Å². The van der Waals surface area contributed by atoms with Crippen molar-refractivity contribution in [1.82, 2.24) is 4.98 Å². The number of fused-ring (bicyclic) bond motifs is 1. The SMILES string of the molecule is Cc1cc2cccc(Cl)c2nc1Cl. The summed E-state index contributed by atoms with van der Waals surface area (Å²) in [6.07, 6.45) is 0. The second-order valence-corrected chi connectivity index (χ2v) is 3.67. The molecule has 0 unspecified atom stereocenters. The molecular formula is C10H7Cl2N. The van der Waals surface area contributed by atoms with Crippen LogP contribution in [0.2, 0.25) is 10.2 Å². The van der Waals surface area contributed by atoms with E-state index in [-0.39, 0.29) is 0 Å². The van der Waals surface area contributed by atoms with E-state index in [9.17, 15) is 0 Å². The summed E-state index contributed by atoms with van der Waals surface area (Å²) in [4.78, 5) is 4.21. The molecule has 0 aliphatic carbocycles. The quantitative estimate of drug-likeness (QED) is 0.604. The minimum absolute atomic E-state index is 0.514. The molecule has 0 amide bonds. The molecule has 0 radical (unpaired) electrons. The lowest BCUT2D eigenvalue weighted by Gasteiger charge is -2.02. The molecule has 2 aromatic rings. The minimum Gasteiger partial charge on any atom is -0.234 e. The van der Waals surface area contributed by atoms with Crippen LogP contribution in [-0.4, -0.2) is 4.98 Å². The second kappa shape index (κ2) is 3.17. The van der Waals surface area contributed by atoms with Crippen LogP contribution < -0.4 is 0 Å². The fraction of sp³-hybridized carbons (Fsp3) is 0.100. The lowest BCUT2D eigenvalue weighted by molar-refractivity contribution is 1.33. The highest BCUT2D eigenvalue weighted by atomic mass is 35.5. The van der Waals surface area contributed by atoms with Crippen molar-refractivity contribution in [1.29, 1.82) is 0 Å². The smallest absolute Gasteiger partial charge is 0.132 e. The Morgan fingerprint density at radius 3 is 2.77 bits per heavy atom. The standard InChI is InChI=1S/C10H7Cl2N/c1-6-5-7-3-2-4-8(11)9(7)13-10(6)12/h2-5H,1H3. The number of pyridine rings is 1. The van der Waals surface area contributed by atoms with Gasteiger partial charge in [-0.25, -0.2) is 4.98 Å². The highest BCUT2D eigenvalue weighted by Crippen LogP contribution is 2.25. The summed E-state index contributed by atoms with van der Waals surface area (Å²) in [6, 6.07) is 7.66. The average molecular weight is 212 g/mol. The van der Waals surface area contributed by atoms with E-state index in [1.54, 1.807) is 0 Å². The summed E-state index contributed by atoms with van der Waals surface area (Å²) < 4.78 is 0. The topological polar surface area (TPSA) is 12.9 Å². The van der Waals surface area contributed by atoms with Crippen molar-refractivity contribution in [2.75, 3.05) is 0 Å². The molecule has 66 valence electrons. The van der Waals surface area contributed by atoms with Crippen molar-refractivity contribution in [2.24, 2.45) is 0 Å². The number of hydrogen-bond donors (Lipinski definition) is 0. The molecule has 0 N–H and O–H groups in total. The molecule has 2 rings (SSSR count). The van der Waals surface area contributed by atoms with E-state index >= 15 is 0 Å². The predicted molar refractivity (Wildman–Crippen MR) is 56.5 cm³/mol. The van der Waals surface area contributed by atoms with Crippen molar-refractivity contribution in [3.63, 3.8) is 0 Å². The summed E-state index contributed by atoms with van der Waals surface area (Å²) in [7, 11) is 0. The van der Waals surface area contributed by atoms with Crippen molar-refractivity contribution >= 4 is 34.1 Å². The van der Waals surface area contributed by atoms with Crippen molar-refractivity contribution in [2.45, 2.75) is 6.92 Å². The van der Waals surface area contributed by atoms with Crippen LogP contribution in [0.4, 0.5) is 0 Å². The molecule has 3 heteroatoms. The summed E-state index contributed by atoms with van der Waals surface area (Å²) >= 11 is 11.9. The van der Waals surface area contributed by atoms with Crippen LogP contribution in [0.5, 0.6) is 0 Å². The first-order valence-electron chi connectivity index (χ1n) is 3.90. The molecule has 1 aromatic carbocycles. The first-order valence-corrected chi connectivity index (χ1v) is 4.65. The Kier molecular flexibility index (Phi) is 2.14. The van der Waals surface area contributed by atoms with E-state index in [1.807, 2.05) is 31.2 Å². The van der Waals surface area contributed by atoms with Crippen LogP contribution in [0.3, 0.4) is 0 Å². The molecule has 13 heavy (non-hydrogen) atoms. The van der Waals surface area contributed by atoms with Crippen LogP contribution >= 0.6 is 23.2 Å². The maximum absolute atomic E-state index is 5.96. The maximum Gasteiger partial charge on any atom is 0.132 e. The molecule has 1 heterocycles. The van der Waals surface area contributed by atoms with Crippen molar-refractivity contribution < 1.29 is 0 Å². The number of para-hydroxylation sites is 1. The van der Waals surface area contributed by atoms with Crippen molar-refractivity contribution in [3.05, 3.63) is 40.0 Å². The summed E-state index contributed by atoms with van der Waals surface area (Å²) in [5, 5.41) is 2.18. The fourth-order valence-corrected chi connectivity index (χ4v) is 1.61. The average Bonchev–Trinajstić information content (AvgIpc) is 2.09. The van der Waals surface area contributed by atoms with Crippen LogP contribution in [0.25, 0.3) is 10.9 Å². The molecule has 0 saturated heterocycles. The van der Waals surface area contributed by atoms with Gasteiger partial charge in [-0.3, -0.25) is 0 Å². The van der Waals surface area contributed by atoms with E-state index < -0.39 is 0 Å². The Bertz CT molecular complexity index is 466. The van der Waals surface area contributed by atoms with Gasteiger partial charge in [-0.05, 0) is 24.6 Å². The van der Waals surface area contributed by atoms with Gasteiger partial charge >= 0.3 is 0 Å². The van der Waals surface area contributed by atoms with Gasteiger partial charge in [0.15, 0.2) is 0 Å². The van der Waals surface area contributed by atoms with E-state index in [1.165, 1.54) is 0 Å². The largest absolute Gasteiger partial charge is 0.234 e. The Morgan fingerprint density at radius 1 is 1.23 bits per heavy atom. The zero-order valence-corrected chi connectivity index (χ0v) is 8.52. The first-order chi connectivity index (χ1) is 6.18. The first kappa shape index (κ1) is 8.79. The van der Waals surface area contributed by atoms with E-state index in [0.717, 1.165) is 16.5 Å². The predicted octanol–water partition coefficient (Wildman–Crippen LogP) is 3.85. The third-order valence-corrected chi connectivity index (χ3v) is 2.61. The van der Waals surface area contributed by atoms with Gasteiger partial charge in [0.25, 0.3) is 0 Å². The third-order valence-electron chi connectivity index (χ3n) is 1.93. The zero-order chi connectivity index (χ0) is 9.42. The molecule has 0 aliphatic heterocycles. The molecular weight excluding hydrogens is 205 g/mol. The molecule has 0 bridgehead atoms. The van der Waals surface area contributed by atoms with E-state index in [2.05, 4.69) is 4.98 Å². The Balaban J connectivity index is 2.89. The summed E-state index contributed by atoms with van der Waals surface area (Å²) in [6.45, 7) is 1.93. The monoisotopic (exact) mass is 211 g/mol. The molecule has 1 aromatic heterocycles. The zero-order valence-electron chi connectivity index (χ0n) is 7.01. The number of aryl methyl sites for hydroxylation is 1. The van der Waals surface area contributed by atoms with Gasteiger partial charge in [0, 0.05) is 5.39 Å². The summed E-state index contributed by atoms with van der Waals surface area (Å²) in [5.41, 5.74) is 1.73. The second-order valence-electron chi connectivity index (χ2n) is 2.91. The molecule has 0 fully saturated rings. The minimum atomic E-state index is 0.514. The Hall–Kier alpha value is -0.790. The number of hydrogen-bond acceptors (Lipinski definition) is 1. The maximum atomic E-state index is 5.96.